The molecule has 4 nitrogen and oxygen atoms in total. The molecule has 1 aliphatic carbocycles. The van der Waals surface area contributed by atoms with E-state index in [1.54, 1.807) is 18.2 Å². The summed E-state index contributed by atoms with van der Waals surface area (Å²) >= 11 is 0. The zero-order chi connectivity index (χ0) is 15.9. The molecule has 1 fully saturated rings. The van der Waals surface area contributed by atoms with E-state index >= 15 is 0 Å². The molecule has 1 aromatic rings. The van der Waals surface area contributed by atoms with Crippen LogP contribution in [0.1, 0.15) is 39.0 Å². The summed E-state index contributed by atoms with van der Waals surface area (Å²) in [5.41, 5.74) is 5.92. The summed E-state index contributed by atoms with van der Waals surface area (Å²) in [5, 5.41) is 2.92. The number of carbonyl (C=O) groups is 1. The molecule has 0 heterocycles. The minimum absolute atomic E-state index is 0.00489. The summed E-state index contributed by atoms with van der Waals surface area (Å²) in [6.45, 7) is 2.34. The SMILES string of the molecule is CCC(CNC(=O)C1CCCC(N)C1)Oc1ccccc1F. The average molecular weight is 308 g/mol. The molecule has 1 aliphatic rings. The van der Waals surface area contributed by atoms with Crippen molar-refractivity contribution >= 4 is 5.91 Å². The Balaban J connectivity index is 1.83. The van der Waals surface area contributed by atoms with Crippen molar-refractivity contribution in [2.75, 3.05) is 6.54 Å². The molecule has 3 unspecified atom stereocenters. The largest absolute Gasteiger partial charge is 0.486 e. The van der Waals surface area contributed by atoms with Gasteiger partial charge in [0.25, 0.3) is 0 Å². The molecular formula is C17H25FN2O2. The van der Waals surface area contributed by atoms with Crippen molar-refractivity contribution in [3.05, 3.63) is 30.1 Å². The number of nitrogens with one attached hydrogen (secondary N) is 1. The Morgan fingerprint density at radius 3 is 2.91 bits per heavy atom. The lowest BCUT2D eigenvalue weighted by molar-refractivity contribution is -0.126. The van der Waals surface area contributed by atoms with Crippen LogP contribution in [-0.4, -0.2) is 24.6 Å². The Hall–Kier alpha value is -1.62. The third-order valence-electron chi connectivity index (χ3n) is 4.18. The third-order valence-corrected chi connectivity index (χ3v) is 4.18. The van der Waals surface area contributed by atoms with Crippen molar-refractivity contribution in [2.45, 2.75) is 51.2 Å². The first-order valence-corrected chi connectivity index (χ1v) is 8.04. The standard InChI is InChI=1S/C17H25FN2O2/c1-2-14(22-16-9-4-3-8-15(16)18)11-20-17(21)12-6-5-7-13(19)10-12/h3-4,8-9,12-14H,2,5-7,10-11,19H2,1H3,(H,20,21). The Bertz CT molecular complexity index is 495. The van der Waals surface area contributed by atoms with E-state index in [1.807, 2.05) is 6.92 Å². The number of rotatable bonds is 6. The van der Waals surface area contributed by atoms with Crippen LogP contribution in [0.3, 0.4) is 0 Å². The van der Waals surface area contributed by atoms with Crippen LogP contribution in [0, 0.1) is 11.7 Å². The van der Waals surface area contributed by atoms with Gasteiger partial charge in [-0.3, -0.25) is 4.79 Å². The quantitative estimate of drug-likeness (QED) is 0.849. The Labute approximate surface area is 131 Å². The Kier molecular flexibility index (Phi) is 6.19. The van der Waals surface area contributed by atoms with Crippen LogP contribution in [0.2, 0.25) is 0 Å². The predicted molar refractivity (Wildman–Crippen MR) is 84.1 cm³/mol. The molecule has 1 amide bonds. The number of hydrogen-bond donors (Lipinski definition) is 2. The second kappa shape index (κ2) is 8.13. The third kappa shape index (κ3) is 4.70. The van der Waals surface area contributed by atoms with Crippen molar-refractivity contribution in [3.63, 3.8) is 0 Å². The number of carbonyl (C=O) groups excluding carboxylic acids is 1. The molecule has 3 N–H and O–H groups in total. The second-order valence-corrected chi connectivity index (χ2v) is 5.95. The monoisotopic (exact) mass is 308 g/mol. The van der Waals surface area contributed by atoms with E-state index in [1.165, 1.54) is 6.07 Å². The van der Waals surface area contributed by atoms with Gasteiger partial charge in [-0.1, -0.05) is 25.5 Å². The smallest absolute Gasteiger partial charge is 0.223 e. The Morgan fingerprint density at radius 1 is 1.45 bits per heavy atom. The molecular weight excluding hydrogens is 283 g/mol. The highest BCUT2D eigenvalue weighted by molar-refractivity contribution is 5.78. The molecule has 1 saturated carbocycles. The van der Waals surface area contributed by atoms with E-state index in [-0.39, 0.29) is 35.5 Å². The van der Waals surface area contributed by atoms with Crippen molar-refractivity contribution in [3.8, 4) is 5.75 Å². The van der Waals surface area contributed by atoms with E-state index in [0.717, 1.165) is 25.7 Å². The number of benzene rings is 1. The summed E-state index contributed by atoms with van der Waals surface area (Å²) in [5.74, 6) is -0.130. The highest BCUT2D eigenvalue weighted by Crippen LogP contribution is 2.23. The molecule has 0 aromatic heterocycles. The fraction of sp³-hybridized carbons (Fsp3) is 0.588. The van der Waals surface area contributed by atoms with Crippen molar-refractivity contribution in [1.82, 2.24) is 5.32 Å². The van der Waals surface area contributed by atoms with Gasteiger partial charge in [-0.2, -0.15) is 0 Å². The Morgan fingerprint density at radius 2 is 2.23 bits per heavy atom. The van der Waals surface area contributed by atoms with Gasteiger partial charge in [0.2, 0.25) is 5.91 Å². The van der Waals surface area contributed by atoms with E-state index in [9.17, 15) is 9.18 Å². The highest BCUT2D eigenvalue weighted by Gasteiger charge is 2.25. The van der Waals surface area contributed by atoms with Crippen LogP contribution in [0.15, 0.2) is 24.3 Å². The highest BCUT2D eigenvalue weighted by atomic mass is 19.1. The van der Waals surface area contributed by atoms with Crippen LogP contribution < -0.4 is 15.8 Å². The van der Waals surface area contributed by atoms with Gasteiger partial charge in [-0.25, -0.2) is 4.39 Å². The minimum atomic E-state index is -0.384. The zero-order valence-corrected chi connectivity index (χ0v) is 13.1. The maximum absolute atomic E-state index is 13.6. The molecule has 122 valence electrons. The lowest BCUT2D eigenvalue weighted by Gasteiger charge is -2.26. The molecule has 0 bridgehead atoms. The topological polar surface area (TPSA) is 64.4 Å². The van der Waals surface area contributed by atoms with E-state index < -0.39 is 0 Å². The fourth-order valence-electron chi connectivity index (χ4n) is 2.81. The summed E-state index contributed by atoms with van der Waals surface area (Å²) in [7, 11) is 0. The van der Waals surface area contributed by atoms with Gasteiger partial charge in [0.1, 0.15) is 6.10 Å². The van der Waals surface area contributed by atoms with E-state index in [4.69, 9.17) is 10.5 Å². The number of ether oxygens (including phenoxy) is 1. The van der Waals surface area contributed by atoms with Crippen LogP contribution >= 0.6 is 0 Å². The minimum Gasteiger partial charge on any atom is -0.486 e. The van der Waals surface area contributed by atoms with Gasteiger partial charge in [0.05, 0.1) is 6.54 Å². The first-order valence-electron chi connectivity index (χ1n) is 8.04. The maximum atomic E-state index is 13.6. The summed E-state index contributed by atoms with van der Waals surface area (Å²) in [4.78, 5) is 12.2. The maximum Gasteiger partial charge on any atom is 0.223 e. The average Bonchev–Trinajstić information content (AvgIpc) is 2.52. The molecule has 3 atom stereocenters. The van der Waals surface area contributed by atoms with Crippen molar-refractivity contribution in [2.24, 2.45) is 11.7 Å². The molecule has 0 spiro atoms. The normalized spacial score (nSPS) is 22.9. The van der Waals surface area contributed by atoms with Gasteiger partial charge in [-0.15, -0.1) is 0 Å². The van der Waals surface area contributed by atoms with Gasteiger partial charge < -0.3 is 15.8 Å². The van der Waals surface area contributed by atoms with Crippen LogP contribution in [0.4, 0.5) is 4.39 Å². The zero-order valence-electron chi connectivity index (χ0n) is 13.1. The molecule has 0 saturated heterocycles. The number of nitrogens with two attached hydrogens (primary N) is 1. The number of hydrogen-bond acceptors (Lipinski definition) is 3. The van der Waals surface area contributed by atoms with E-state index in [2.05, 4.69) is 5.32 Å². The number of amides is 1. The summed E-state index contributed by atoms with van der Waals surface area (Å²) < 4.78 is 19.2. The molecule has 0 radical (unpaired) electrons. The molecule has 5 heteroatoms. The molecule has 22 heavy (non-hydrogen) atoms. The first-order chi connectivity index (χ1) is 10.6. The van der Waals surface area contributed by atoms with Gasteiger partial charge in [-0.05, 0) is 37.8 Å². The van der Waals surface area contributed by atoms with Crippen LogP contribution in [-0.2, 0) is 4.79 Å². The van der Waals surface area contributed by atoms with Crippen molar-refractivity contribution in [1.29, 1.82) is 0 Å². The first kappa shape index (κ1) is 16.7. The second-order valence-electron chi connectivity index (χ2n) is 5.95. The number of halogens is 1. The van der Waals surface area contributed by atoms with Crippen molar-refractivity contribution < 1.29 is 13.9 Å². The van der Waals surface area contributed by atoms with Gasteiger partial charge in [0.15, 0.2) is 11.6 Å². The van der Waals surface area contributed by atoms with Gasteiger partial charge >= 0.3 is 0 Å². The fourth-order valence-corrected chi connectivity index (χ4v) is 2.81. The summed E-state index contributed by atoms with van der Waals surface area (Å²) in [6.07, 6.45) is 4.10. The number of para-hydroxylation sites is 1. The lowest BCUT2D eigenvalue weighted by atomic mass is 9.85. The van der Waals surface area contributed by atoms with E-state index in [0.29, 0.717) is 13.0 Å². The van der Waals surface area contributed by atoms with Crippen LogP contribution in [0.25, 0.3) is 0 Å². The van der Waals surface area contributed by atoms with Crippen LogP contribution in [0.5, 0.6) is 5.75 Å². The molecule has 0 aliphatic heterocycles. The molecule has 2 rings (SSSR count). The predicted octanol–water partition coefficient (Wildman–Crippen LogP) is 2.62. The van der Waals surface area contributed by atoms with Gasteiger partial charge in [0, 0.05) is 12.0 Å². The molecule has 1 aromatic carbocycles. The summed E-state index contributed by atoms with van der Waals surface area (Å²) in [6, 6.07) is 6.44. The lowest BCUT2D eigenvalue weighted by Crippen LogP contribution is -2.41.